The average molecular weight is 349 g/mol. The molecule has 0 saturated carbocycles. The second-order valence-corrected chi connectivity index (χ2v) is 7.17. The van der Waals surface area contributed by atoms with E-state index in [4.69, 9.17) is 9.25 Å². The highest BCUT2D eigenvalue weighted by atomic mass is 16.7. The third-order valence-corrected chi connectivity index (χ3v) is 5.28. The quantitative estimate of drug-likeness (QED) is 0.742. The Bertz CT molecular complexity index is 846. The lowest BCUT2D eigenvalue weighted by Gasteiger charge is -2.59. The highest BCUT2D eigenvalue weighted by Crippen LogP contribution is 2.56. The van der Waals surface area contributed by atoms with E-state index in [2.05, 4.69) is 26.0 Å². The molecule has 2 atom stereocenters. The van der Waals surface area contributed by atoms with Crippen LogP contribution < -0.4 is 0 Å². The van der Waals surface area contributed by atoms with Crippen molar-refractivity contribution in [2.75, 3.05) is 6.61 Å². The Morgan fingerprint density at radius 1 is 0.962 bits per heavy atom. The zero-order valence-electron chi connectivity index (χ0n) is 15.0. The molecular formula is C22H23NO3. The lowest BCUT2D eigenvalue weighted by Crippen LogP contribution is -2.66. The van der Waals surface area contributed by atoms with Crippen LogP contribution in [0.5, 0.6) is 0 Å². The molecule has 1 saturated heterocycles. The molecule has 0 aliphatic carbocycles. The van der Waals surface area contributed by atoms with Gasteiger partial charge in [-0.2, -0.15) is 5.06 Å². The van der Waals surface area contributed by atoms with Gasteiger partial charge in [-0.05, 0) is 37.1 Å². The molecule has 1 aliphatic rings. The molecule has 1 fully saturated rings. The molecule has 0 bridgehead atoms. The highest BCUT2D eigenvalue weighted by molar-refractivity contribution is 5.33. The van der Waals surface area contributed by atoms with Crippen LogP contribution in [0.25, 0.3) is 0 Å². The van der Waals surface area contributed by atoms with Crippen molar-refractivity contribution < 1.29 is 14.4 Å². The van der Waals surface area contributed by atoms with Gasteiger partial charge < -0.3 is 9.52 Å². The molecule has 1 N–H and O–H groups in total. The van der Waals surface area contributed by atoms with Gasteiger partial charge in [-0.1, -0.05) is 60.7 Å². The Morgan fingerprint density at radius 3 is 2.19 bits per heavy atom. The summed E-state index contributed by atoms with van der Waals surface area (Å²) in [5, 5.41) is 12.3. The van der Waals surface area contributed by atoms with Gasteiger partial charge in [0.2, 0.25) is 0 Å². The molecule has 1 aliphatic heterocycles. The molecule has 0 unspecified atom stereocenters. The number of rotatable bonds is 5. The number of aliphatic hydroxyl groups excluding tert-OH is 1. The highest BCUT2D eigenvalue weighted by Gasteiger charge is 2.62. The largest absolute Gasteiger partial charge is 0.467 e. The first-order chi connectivity index (χ1) is 12.6. The van der Waals surface area contributed by atoms with Crippen molar-refractivity contribution in [2.45, 2.75) is 31.0 Å². The fraction of sp³-hybridized carbons (Fsp3) is 0.273. The van der Waals surface area contributed by atoms with E-state index in [0.717, 1.165) is 16.9 Å². The Kier molecular flexibility index (Phi) is 4.19. The molecule has 2 heterocycles. The summed E-state index contributed by atoms with van der Waals surface area (Å²) in [5.41, 5.74) is 0.817. The number of hydroxylamine groups is 2. The van der Waals surface area contributed by atoms with E-state index >= 15 is 0 Å². The fourth-order valence-electron chi connectivity index (χ4n) is 3.76. The summed E-state index contributed by atoms with van der Waals surface area (Å²) in [5.74, 6) is 0.776. The smallest absolute Gasteiger partial charge is 0.163 e. The zero-order valence-corrected chi connectivity index (χ0v) is 15.0. The van der Waals surface area contributed by atoms with Gasteiger partial charge in [-0.3, -0.25) is 4.84 Å². The van der Waals surface area contributed by atoms with E-state index in [9.17, 15) is 5.11 Å². The summed E-state index contributed by atoms with van der Waals surface area (Å²) >= 11 is 0. The van der Waals surface area contributed by atoms with Crippen molar-refractivity contribution in [1.82, 2.24) is 5.06 Å². The van der Waals surface area contributed by atoms with Crippen molar-refractivity contribution in [3.63, 3.8) is 0 Å². The zero-order chi connectivity index (χ0) is 18.2. The van der Waals surface area contributed by atoms with E-state index in [1.165, 1.54) is 0 Å². The molecule has 4 nitrogen and oxygen atoms in total. The van der Waals surface area contributed by atoms with Gasteiger partial charge in [0.1, 0.15) is 11.8 Å². The van der Waals surface area contributed by atoms with Crippen LogP contribution in [0.15, 0.2) is 83.5 Å². The monoisotopic (exact) mass is 349 g/mol. The third kappa shape index (κ3) is 2.50. The van der Waals surface area contributed by atoms with E-state index in [1.807, 2.05) is 65.7 Å². The normalized spacial score (nSPS) is 23.6. The van der Waals surface area contributed by atoms with Crippen LogP contribution in [-0.4, -0.2) is 16.8 Å². The lowest BCUT2D eigenvalue weighted by atomic mass is 9.79. The van der Waals surface area contributed by atoms with Crippen molar-refractivity contribution in [2.24, 2.45) is 0 Å². The average Bonchev–Trinajstić information content (AvgIpc) is 3.17. The number of hydrogen-bond acceptors (Lipinski definition) is 4. The predicted octanol–water partition coefficient (Wildman–Crippen LogP) is 4.39. The Labute approximate surface area is 153 Å². The minimum absolute atomic E-state index is 0.135. The van der Waals surface area contributed by atoms with Crippen LogP contribution in [0.4, 0.5) is 0 Å². The molecule has 4 heteroatoms. The predicted molar refractivity (Wildman–Crippen MR) is 99.0 cm³/mol. The molecule has 0 radical (unpaired) electrons. The van der Waals surface area contributed by atoms with E-state index < -0.39 is 11.1 Å². The summed E-state index contributed by atoms with van der Waals surface area (Å²) < 4.78 is 5.74. The number of aliphatic hydroxyl groups is 1. The maximum absolute atomic E-state index is 10.3. The van der Waals surface area contributed by atoms with Gasteiger partial charge in [-0.15, -0.1) is 0 Å². The van der Waals surface area contributed by atoms with Crippen LogP contribution >= 0.6 is 0 Å². The van der Waals surface area contributed by atoms with Gasteiger partial charge >= 0.3 is 0 Å². The Hall–Kier alpha value is -2.40. The van der Waals surface area contributed by atoms with Crippen LogP contribution in [0.1, 0.15) is 36.8 Å². The van der Waals surface area contributed by atoms with Gasteiger partial charge in [0.05, 0.1) is 18.4 Å². The maximum Gasteiger partial charge on any atom is 0.163 e. The van der Waals surface area contributed by atoms with Gasteiger partial charge in [-0.25, -0.2) is 0 Å². The van der Waals surface area contributed by atoms with Crippen molar-refractivity contribution >= 4 is 0 Å². The van der Waals surface area contributed by atoms with Crippen LogP contribution in [0.3, 0.4) is 0 Å². The molecule has 134 valence electrons. The first-order valence-corrected chi connectivity index (χ1v) is 8.83. The molecular weight excluding hydrogens is 326 g/mol. The Morgan fingerprint density at radius 2 is 1.62 bits per heavy atom. The second kappa shape index (κ2) is 6.40. The molecule has 2 aromatic carbocycles. The third-order valence-electron chi connectivity index (χ3n) is 5.28. The van der Waals surface area contributed by atoms with Crippen molar-refractivity contribution in [3.8, 4) is 0 Å². The number of benzene rings is 2. The molecule has 0 spiro atoms. The molecule has 4 rings (SSSR count). The van der Waals surface area contributed by atoms with Crippen molar-refractivity contribution in [1.29, 1.82) is 0 Å². The van der Waals surface area contributed by atoms with Gasteiger partial charge in [0.15, 0.2) is 5.60 Å². The van der Waals surface area contributed by atoms with Gasteiger partial charge in [0, 0.05) is 0 Å². The Balaban J connectivity index is 1.79. The van der Waals surface area contributed by atoms with E-state index in [1.54, 1.807) is 6.26 Å². The first-order valence-electron chi connectivity index (χ1n) is 8.83. The number of nitrogens with zero attached hydrogens (tertiary/aromatic N) is 1. The first kappa shape index (κ1) is 17.0. The lowest BCUT2D eigenvalue weighted by molar-refractivity contribution is -0.449. The standard InChI is InChI=1S/C22H23NO3/c1-21(2,17-10-5-3-6-11-17)23-20(19-14-9-15-25-19)22(16-24,26-23)18-12-7-4-8-13-18/h3-15,20,24H,16H2,1-2H3/t20-,22+/m1/s1. The summed E-state index contributed by atoms with van der Waals surface area (Å²) in [7, 11) is 0. The summed E-state index contributed by atoms with van der Waals surface area (Å²) in [6.07, 6.45) is 1.66. The van der Waals surface area contributed by atoms with Crippen LogP contribution in [0, 0.1) is 0 Å². The summed E-state index contributed by atoms with van der Waals surface area (Å²) in [6.45, 7) is 4.10. The minimum Gasteiger partial charge on any atom is -0.467 e. The topological polar surface area (TPSA) is 45.8 Å². The minimum atomic E-state index is -0.856. The maximum atomic E-state index is 10.3. The van der Waals surface area contributed by atoms with Crippen LogP contribution in [-0.2, 0) is 16.0 Å². The summed E-state index contributed by atoms with van der Waals surface area (Å²) in [6, 6.07) is 23.6. The number of hydrogen-bond donors (Lipinski definition) is 1. The molecule has 0 amide bonds. The second-order valence-electron chi connectivity index (χ2n) is 7.17. The van der Waals surface area contributed by atoms with Crippen molar-refractivity contribution in [3.05, 3.63) is 95.9 Å². The van der Waals surface area contributed by atoms with Gasteiger partial charge in [0.25, 0.3) is 0 Å². The van der Waals surface area contributed by atoms with E-state index in [-0.39, 0.29) is 12.6 Å². The molecule has 1 aromatic heterocycles. The SMILES string of the molecule is CC(C)(c1ccccc1)N1O[C@@](CO)(c2ccccc2)[C@H]1c1ccco1. The fourth-order valence-corrected chi connectivity index (χ4v) is 3.76. The van der Waals surface area contributed by atoms with E-state index in [0.29, 0.717) is 0 Å². The van der Waals surface area contributed by atoms with Crippen LogP contribution in [0.2, 0.25) is 0 Å². The molecule has 26 heavy (non-hydrogen) atoms. The summed E-state index contributed by atoms with van der Waals surface area (Å²) in [4.78, 5) is 6.34. The number of furan rings is 1. The molecule has 3 aromatic rings.